The number of nitrogens with one attached hydrogen (secondary N) is 2. The van der Waals surface area contributed by atoms with E-state index in [-0.39, 0.29) is 24.0 Å². The van der Waals surface area contributed by atoms with Gasteiger partial charge in [-0.15, -0.1) is 24.0 Å². The number of piperazine rings is 1. The van der Waals surface area contributed by atoms with Crippen molar-refractivity contribution in [2.24, 2.45) is 4.99 Å². The number of halogens is 1. The molecule has 2 aliphatic heterocycles. The summed E-state index contributed by atoms with van der Waals surface area (Å²) in [5.74, 6) is 1.91. The fourth-order valence-electron chi connectivity index (χ4n) is 3.30. The summed E-state index contributed by atoms with van der Waals surface area (Å²) in [6.07, 6.45) is 4.49. The van der Waals surface area contributed by atoms with E-state index in [1.807, 2.05) is 12.3 Å². The van der Waals surface area contributed by atoms with Crippen LogP contribution in [0.3, 0.4) is 0 Å². The number of rotatable bonds is 6. The second-order valence-corrected chi connectivity index (χ2v) is 7.02. The van der Waals surface area contributed by atoms with E-state index in [9.17, 15) is 0 Å². The smallest absolute Gasteiger partial charge is 0.191 e. The van der Waals surface area contributed by atoms with Crippen LogP contribution in [0.15, 0.2) is 23.3 Å². The Morgan fingerprint density at radius 3 is 2.81 bits per heavy atom. The molecule has 3 rings (SSSR count). The highest BCUT2D eigenvalue weighted by atomic mass is 127. The number of pyridine rings is 1. The Balaban J connectivity index is 0.00000261. The molecule has 0 spiro atoms. The van der Waals surface area contributed by atoms with E-state index in [1.54, 1.807) is 0 Å². The van der Waals surface area contributed by atoms with Crippen LogP contribution in [0, 0.1) is 0 Å². The van der Waals surface area contributed by atoms with Gasteiger partial charge in [0.05, 0.1) is 12.6 Å². The zero-order chi connectivity index (χ0) is 18.2. The first-order valence-electron chi connectivity index (χ1n) is 9.77. The number of aliphatic imine (C=N–C) groups is 1. The lowest BCUT2D eigenvalue weighted by Gasteiger charge is -2.33. The molecule has 1 unspecified atom stereocenters. The summed E-state index contributed by atoms with van der Waals surface area (Å²) in [6.45, 7) is 9.50. The molecule has 0 amide bonds. The van der Waals surface area contributed by atoms with Gasteiger partial charge in [-0.1, -0.05) is 0 Å². The minimum absolute atomic E-state index is 0. The van der Waals surface area contributed by atoms with Crippen molar-refractivity contribution in [3.05, 3.63) is 23.9 Å². The maximum Gasteiger partial charge on any atom is 0.191 e. The summed E-state index contributed by atoms with van der Waals surface area (Å²) < 4.78 is 5.67. The summed E-state index contributed by atoms with van der Waals surface area (Å²) in [6, 6.07) is 4.21. The molecule has 0 saturated carbocycles. The van der Waals surface area contributed by atoms with Crippen molar-refractivity contribution >= 4 is 35.8 Å². The molecule has 1 atom stereocenters. The molecule has 2 aliphatic rings. The van der Waals surface area contributed by atoms with Gasteiger partial charge in [0.1, 0.15) is 5.82 Å². The van der Waals surface area contributed by atoms with Crippen LogP contribution in [0.25, 0.3) is 0 Å². The van der Waals surface area contributed by atoms with Crippen LogP contribution in [-0.2, 0) is 11.3 Å². The minimum Gasteiger partial charge on any atom is -0.376 e. The van der Waals surface area contributed by atoms with E-state index in [0.717, 1.165) is 70.5 Å². The van der Waals surface area contributed by atoms with E-state index in [1.165, 1.54) is 5.56 Å². The molecular weight excluding hydrogens is 455 g/mol. The van der Waals surface area contributed by atoms with Gasteiger partial charge in [0.2, 0.25) is 0 Å². The van der Waals surface area contributed by atoms with Gasteiger partial charge >= 0.3 is 0 Å². The van der Waals surface area contributed by atoms with Gasteiger partial charge in [-0.2, -0.15) is 0 Å². The standard InChI is InChI=1S/C19H32N6O.HI/c1-3-20-19(23-15-17-5-4-12-26-17)22-14-16-6-7-21-18(13-16)25-10-8-24(2)9-11-25;/h6-7,13,17H,3-5,8-12,14-15H2,1-2H3,(H2,20,22,23);1H. The van der Waals surface area contributed by atoms with Crippen molar-refractivity contribution in [2.45, 2.75) is 32.4 Å². The Hall–Kier alpha value is -1.13. The maximum atomic E-state index is 5.67. The minimum atomic E-state index is 0. The predicted octanol–water partition coefficient (Wildman–Crippen LogP) is 1.69. The fourth-order valence-corrected chi connectivity index (χ4v) is 3.30. The van der Waals surface area contributed by atoms with Crippen LogP contribution >= 0.6 is 24.0 Å². The monoisotopic (exact) mass is 488 g/mol. The predicted molar refractivity (Wildman–Crippen MR) is 121 cm³/mol. The summed E-state index contributed by atoms with van der Waals surface area (Å²) >= 11 is 0. The number of guanidine groups is 1. The summed E-state index contributed by atoms with van der Waals surface area (Å²) in [7, 11) is 2.17. The molecule has 2 saturated heterocycles. The number of anilines is 1. The zero-order valence-electron chi connectivity index (χ0n) is 16.5. The van der Waals surface area contributed by atoms with Crippen LogP contribution < -0.4 is 15.5 Å². The third-order valence-corrected chi connectivity index (χ3v) is 4.92. The molecule has 0 aliphatic carbocycles. The van der Waals surface area contributed by atoms with Crippen molar-refractivity contribution in [3.63, 3.8) is 0 Å². The molecule has 0 bridgehead atoms. The molecule has 7 nitrogen and oxygen atoms in total. The van der Waals surface area contributed by atoms with Crippen LogP contribution in [0.4, 0.5) is 5.82 Å². The SMILES string of the molecule is CCNC(=NCc1ccnc(N2CCN(C)CC2)c1)NCC1CCCO1.I. The van der Waals surface area contributed by atoms with Gasteiger partial charge in [0.25, 0.3) is 0 Å². The first-order valence-corrected chi connectivity index (χ1v) is 9.77. The molecule has 27 heavy (non-hydrogen) atoms. The number of hydrogen-bond acceptors (Lipinski definition) is 5. The number of likely N-dealkylation sites (N-methyl/N-ethyl adjacent to an activating group) is 1. The van der Waals surface area contributed by atoms with Crippen LogP contribution in [0.2, 0.25) is 0 Å². The van der Waals surface area contributed by atoms with Crippen LogP contribution in [0.1, 0.15) is 25.3 Å². The van der Waals surface area contributed by atoms with Crippen LogP contribution in [0.5, 0.6) is 0 Å². The normalized spacial score (nSPS) is 21.0. The molecule has 1 aromatic heterocycles. The lowest BCUT2D eigenvalue weighted by molar-refractivity contribution is 0.114. The van der Waals surface area contributed by atoms with Crippen molar-refractivity contribution in [2.75, 3.05) is 57.8 Å². The second kappa shape index (κ2) is 11.7. The zero-order valence-corrected chi connectivity index (χ0v) is 18.8. The Labute approximate surface area is 180 Å². The molecular formula is C19H33IN6O. The Morgan fingerprint density at radius 1 is 1.30 bits per heavy atom. The number of ether oxygens (including phenoxy) is 1. The average molecular weight is 488 g/mol. The first kappa shape index (κ1) is 22.2. The van der Waals surface area contributed by atoms with Crippen LogP contribution in [-0.4, -0.2) is 74.9 Å². The largest absolute Gasteiger partial charge is 0.376 e. The topological polar surface area (TPSA) is 65.0 Å². The molecule has 8 heteroatoms. The second-order valence-electron chi connectivity index (χ2n) is 7.02. The third-order valence-electron chi connectivity index (χ3n) is 4.92. The van der Waals surface area contributed by atoms with E-state index in [0.29, 0.717) is 12.6 Å². The van der Waals surface area contributed by atoms with E-state index < -0.39 is 0 Å². The van der Waals surface area contributed by atoms with E-state index in [2.05, 4.69) is 45.5 Å². The first-order chi connectivity index (χ1) is 12.7. The highest BCUT2D eigenvalue weighted by molar-refractivity contribution is 14.0. The molecule has 0 aromatic carbocycles. The molecule has 2 fully saturated rings. The van der Waals surface area contributed by atoms with Gasteiger partial charge in [0, 0.05) is 52.1 Å². The fraction of sp³-hybridized carbons (Fsp3) is 0.684. The van der Waals surface area contributed by atoms with Gasteiger partial charge in [-0.3, -0.25) is 0 Å². The summed E-state index contributed by atoms with van der Waals surface area (Å²) in [5, 5.41) is 6.71. The molecule has 0 radical (unpaired) electrons. The van der Waals surface area contributed by atoms with Gasteiger partial charge in [-0.05, 0) is 44.5 Å². The summed E-state index contributed by atoms with van der Waals surface area (Å²) in [4.78, 5) is 14.0. The third kappa shape index (κ3) is 7.08. The molecule has 152 valence electrons. The molecule has 1 aromatic rings. The highest BCUT2D eigenvalue weighted by Crippen LogP contribution is 2.15. The van der Waals surface area contributed by atoms with Gasteiger partial charge in [0.15, 0.2) is 5.96 Å². The average Bonchev–Trinajstić information content (AvgIpc) is 3.18. The van der Waals surface area contributed by atoms with Gasteiger partial charge in [-0.25, -0.2) is 9.98 Å². The summed E-state index contributed by atoms with van der Waals surface area (Å²) in [5.41, 5.74) is 1.18. The van der Waals surface area contributed by atoms with Gasteiger partial charge < -0.3 is 25.2 Å². The Bertz CT molecular complexity index is 585. The van der Waals surface area contributed by atoms with E-state index >= 15 is 0 Å². The highest BCUT2D eigenvalue weighted by Gasteiger charge is 2.16. The van der Waals surface area contributed by atoms with E-state index in [4.69, 9.17) is 9.73 Å². The molecule has 2 N–H and O–H groups in total. The lowest BCUT2D eigenvalue weighted by atomic mass is 10.2. The number of hydrogen-bond donors (Lipinski definition) is 2. The maximum absolute atomic E-state index is 5.67. The van der Waals surface area contributed by atoms with Crippen molar-refractivity contribution in [1.29, 1.82) is 0 Å². The lowest BCUT2D eigenvalue weighted by Crippen LogP contribution is -2.44. The van der Waals surface area contributed by atoms with Crippen molar-refractivity contribution < 1.29 is 4.74 Å². The quantitative estimate of drug-likeness (QED) is 0.361. The number of aromatic nitrogens is 1. The number of nitrogens with zero attached hydrogens (tertiary/aromatic N) is 4. The van der Waals surface area contributed by atoms with Crippen molar-refractivity contribution in [3.8, 4) is 0 Å². The molecule has 3 heterocycles. The van der Waals surface area contributed by atoms with Crippen molar-refractivity contribution in [1.82, 2.24) is 20.5 Å². The Morgan fingerprint density at radius 2 is 2.11 bits per heavy atom. The Kier molecular flexibility index (Phi) is 9.57.